The molecule has 2 aromatic heterocycles. The molecule has 3 aromatic rings. The first-order valence-corrected chi connectivity index (χ1v) is 11.9. The summed E-state index contributed by atoms with van der Waals surface area (Å²) >= 11 is 1.80. The van der Waals surface area contributed by atoms with Gasteiger partial charge in [-0.1, -0.05) is 79.0 Å². The number of aromatic nitrogens is 2. The third-order valence-electron chi connectivity index (χ3n) is 6.40. The summed E-state index contributed by atoms with van der Waals surface area (Å²) in [6.45, 7) is 15.9. The number of nitrogens with zero attached hydrogens (tertiary/aromatic N) is 2. The molecule has 3 rings (SSSR count). The summed E-state index contributed by atoms with van der Waals surface area (Å²) in [4.78, 5) is 1.32. The summed E-state index contributed by atoms with van der Waals surface area (Å²) < 4.78 is 4.51. The number of thiophene rings is 1. The highest BCUT2D eigenvalue weighted by Gasteiger charge is 2.32. The maximum Gasteiger partial charge on any atom is 0.258 e. The van der Waals surface area contributed by atoms with E-state index >= 15 is 0 Å². The number of hydrogen-bond donors (Lipinski definition) is 0. The van der Waals surface area contributed by atoms with Crippen LogP contribution in [0.4, 0.5) is 0 Å². The van der Waals surface area contributed by atoms with Gasteiger partial charge in [0, 0.05) is 17.4 Å². The van der Waals surface area contributed by atoms with E-state index in [1.54, 1.807) is 11.3 Å². The minimum atomic E-state index is 0.118. The van der Waals surface area contributed by atoms with Crippen molar-refractivity contribution in [3.63, 3.8) is 0 Å². The molecule has 2 heterocycles. The molecule has 0 amide bonds. The van der Waals surface area contributed by atoms with Gasteiger partial charge in [0.15, 0.2) is 0 Å². The molecule has 0 aliphatic rings. The van der Waals surface area contributed by atoms with Crippen LogP contribution in [0.15, 0.2) is 48.1 Å². The van der Waals surface area contributed by atoms with Gasteiger partial charge >= 0.3 is 0 Å². The number of rotatable bonds is 6. The molecule has 0 radical (unpaired) electrons. The van der Waals surface area contributed by atoms with Crippen molar-refractivity contribution in [1.29, 1.82) is 0 Å². The third kappa shape index (κ3) is 5.19. The molecular weight excluding hydrogens is 372 g/mol. The van der Waals surface area contributed by atoms with Crippen LogP contribution in [-0.2, 0) is 12.5 Å². The monoisotopic (exact) mass is 411 g/mol. The van der Waals surface area contributed by atoms with Crippen molar-refractivity contribution < 1.29 is 4.57 Å². The zero-order chi connectivity index (χ0) is 21.6. The smallest absolute Gasteiger partial charge is 0.237 e. The lowest BCUT2D eigenvalue weighted by atomic mass is 9.72. The number of benzene rings is 1. The lowest BCUT2D eigenvalue weighted by molar-refractivity contribution is -0.677. The van der Waals surface area contributed by atoms with Gasteiger partial charge in [0.1, 0.15) is 18.1 Å². The van der Waals surface area contributed by atoms with Gasteiger partial charge in [-0.2, -0.15) is 4.57 Å². The van der Waals surface area contributed by atoms with Crippen LogP contribution in [0.25, 0.3) is 16.1 Å². The second-order valence-corrected chi connectivity index (χ2v) is 9.51. The molecule has 0 bridgehead atoms. The first-order valence-electron chi connectivity index (χ1n) is 11.0. The van der Waals surface area contributed by atoms with Gasteiger partial charge in [-0.25, -0.2) is 4.57 Å². The molecule has 3 heteroatoms. The number of imidazole rings is 1. The fourth-order valence-electron chi connectivity index (χ4n) is 3.45. The molecule has 0 fully saturated rings. The van der Waals surface area contributed by atoms with Gasteiger partial charge in [-0.3, -0.25) is 0 Å². The van der Waals surface area contributed by atoms with E-state index in [9.17, 15) is 0 Å². The maximum absolute atomic E-state index is 2.38. The van der Waals surface area contributed by atoms with E-state index in [4.69, 9.17) is 0 Å². The molecule has 0 aliphatic heterocycles. The van der Waals surface area contributed by atoms with Gasteiger partial charge in [-0.05, 0) is 34.4 Å². The molecule has 0 unspecified atom stereocenters. The molecular formula is C26H39N2S+. The molecule has 1 aromatic carbocycles. The van der Waals surface area contributed by atoms with Gasteiger partial charge in [0.25, 0.3) is 5.82 Å². The topological polar surface area (TPSA) is 8.81 Å². The average molecular weight is 412 g/mol. The highest BCUT2D eigenvalue weighted by molar-refractivity contribution is 7.13. The zero-order valence-electron chi connectivity index (χ0n) is 19.6. The maximum atomic E-state index is 2.38. The predicted octanol–water partition coefficient (Wildman–Crippen LogP) is 7.47. The molecule has 158 valence electrons. The van der Waals surface area contributed by atoms with Crippen LogP contribution in [0.3, 0.4) is 0 Å². The summed E-state index contributed by atoms with van der Waals surface area (Å²) in [6, 6.07) is 11.3. The summed E-state index contributed by atoms with van der Waals surface area (Å²) in [6.07, 6.45) is 8.13. The van der Waals surface area contributed by atoms with E-state index in [0.717, 1.165) is 0 Å². The molecule has 0 aliphatic carbocycles. The molecule has 0 spiro atoms. The second-order valence-electron chi connectivity index (χ2n) is 8.57. The van der Waals surface area contributed by atoms with Crippen LogP contribution >= 0.6 is 11.3 Å². The molecule has 2 nitrogen and oxygen atoms in total. The lowest BCUT2D eigenvalue weighted by Gasteiger charge is -2.33. The van der Waals surface area contributed by atoms with Crippen molar-refractivity contribution in [3.05, 3.63) is 59.5 Å². The van der Waals surface area contributed by atoms with Crippen molar-refractivity contribution in [3.8, 4) is 16.1 Å². The van der Waals surface area contributed by atoms with Gasteiger partial charge < -0.3 is 0 Å². The summed E-state index contributed by atoms with van der Waals surface area (Å²) in [7, 11) is 2.11. The lowest BCUT2D eigenvalue weighted by Crippen LogP contribution is -2.31. The third-order valence-corrected chi connectivity index (χ3v) is 7.32. The highest BCUT2D eigenvalue weighted by Crippen LogP contribution is 2.39. The molecule has 0 saturated carbocycles. The van der Waals surface area contributed by atoms with E-state index in [0.29, 0.717) is 5.92 Å². The molecule has 29 heavy (non-hydrogen) atoms. The minimum absolute atomic E-state index is 0.118. The van der Waals surface area contributed by atoms with Crippen molar-refractivity contribution in [2.75, 3.05) is 0 Å². The second kappa shape index (κ2) is 10.2. The van der Waals surface area contributed by atoms with Gasteiger partial charge in [0.2, 0.25) is 0 Å². The predicted molar refractivity (Wildman–Crippen MR) is 128 cm³/mol. The Kier molecular flexibility index (Phi) is 8.27. The van der Waals surface area contributed by atoms with Crippen LogP contribution in [0, 0.1) is 12.8 Å². The molecule has 0 saturated heterocycles. The Morgan fingerprint density at radius 1 is 1.10 bits per heavy atom. The van der Waals surface area contributed by atoms with Crippen LogP contribution < -0.4 is 4.57 Å². The Morgan fingerprint density at radius 3 is 2.28 bits per heavy atom. The first kappa shape index (κ1) is 23.4. The van der Waals surface area contributed by atoms with Crippen molar-refractivity contribution in [2.24, 2.45) is 13.0 Å². The fraction of sp³-hybridized carbons (Fsp3) is 0.500. The average Bonchev–Trinajstić information content (AvgIpc) is 3.38. The summed E-state index contributed by atoms with van der Waals surface area (Å²) in [5.74, 6) is 1.85. The largest absolute Gasteiger partial charge is 0.258 e. The number of unbranched alkanes of at least 4 members (excludes halogenated alkanes) is 1. The normalized spacial score (nSPS) is 12.4. The Labute approximate surface area is 182 Å². The van der Waals surface area contributed by atoms with Gasteiger partial charge in [-0.15, -0.1) is 11.3 Å². The van der Waals surface area contributed by atoms with Crippen LogP contribution in [0.5, 0.6) is 0 Å². The SMILES string of the molecule is CCCC.CC[C@@H](C)C(C)(C)c1ccc(-c2cccs2)cc1-n1cc[n+](C)c1C. The quantitative estimate of drug-likeness (QED) is 0.372. The molecule has 1 atom stereocenters. The Bertz CT molecular complexity index is 886. The van der Waals surface area contributed by atoms with E-state index < -0.39 is 0 Å². The Morgan fingerprint density at radius 2 is 1.79 bits per heavy atom. The fourth-order valence-corrected chi connectivity index (χ4v) is 4.18. The van der Waals surface area contributed by atoms with E-state index in [1.807, 2.05) is 0 Å². The summed E-state index contributed by atoms with van der Waals surface area (Å²) in [5.41, 5.74) is 4.13. The van der Waals surface area contributed by atoms with Crippen molar-refractivity contribution in [2.45, 2.75) is 73.1 Å². The Balaban J connectivity index is 0.000000687. The number of aryl methyl sites for hydroxylation is 1. The van der Waals surface area contributed by atoms with Crippen LogP contribution in [0.1, 0.15) is 72.2 Å². The highest BCUT2D eigenvalue weighted by atomic mass is 32.1. The minimum Gasteiger partial charge on any atom is -0.237 e. The van der Waals surface area contributed by atoms with Crippen molar-refractivity contribution in [1.82, 2.24) is 4.57 Å². The number of hydrogen-bond acceptors (Lipinski definition) is 1. The van der Waals surface area contributed by atoms with Crippen LogP contribution in [-0.4, -0.2) is 4.57 Å². The first-order chi connectivity index (χ1) is 13.8. The van der Waals surface area contributed by atoms with E-state index in [1.165, 1.54) is 46.8 Å². The standard InChI is InChI=1S/C22H29N2S.C4H10/c1-7-16(2)22(4,5)19-11-10-18(21-9-8-14-25-21)15-20(19)24-13-12-23(6)17(24)3;1-3-4-2/h8-16H,7H2,1-6H3;3-4H2,1-2H3/q+1;/t16-;/m1./s1. The Hall–Kier alpha value is -1.87. The van der Waals surface area contributed by atoms with Crippen molar-refractivity contribution >= 4 is 11.3 Å². The van der Waals surface area contributed by atoms with E-state index in [2.05, 4.69) is 113 Å². The van der Waals surface area contributed by atoms with E-state index in [-0.39, 0.29) is 5.41 Å². The van der Waals surface area contributed by atoms with Crippen LogP contribution in [0.2, 0.25) is 0 Å². The zero-order valence-corrected chi connectivity index (χ0v) is 20.4. The summed E-state index contributed by atoms with van der Waals surface area (Å²) in [5, 5.41) is 2.15. The van der Waals surface area contributed by atoms with Gasteiger partial charge in [0.05, 0.1) is 7.05 Å². The molecule has 0 N–H and O–H groups in total.